The zero-order valence-electron chi connectivity index (χ0n) is 11.7. The van der Waals surface area contributed by atoms with E-state index in [-0.39, 0.29) is 24.8 Å². The average molecular weight is 286 g/mol. The molecule has 2 aliphatic rings. The van der Waals surface area contributed by atoms with Crippen molar-refractivity contribution >= 4 is 12.0 Å². The Balaban J connectivity index is 1.97. The second-order valence-electron chi connectivity index (χ2n) is 5.25. The van der Waals surface area contributed by atoms with Crippen LogP contribution < -0.4 is 5.32 Å². The molecule has 2 fully saturated rings. The molecule has 1 saturated heterocycles. The topological polar surface area (TPSA) is 88.1 Å². The van der Waals surface area contributed by atoms with Gasteiger partial charge in [-0.05, 0) is 12.8 Å². The van der Waals surface area contributed by atoms with E-state index in [0.29, 0.717) is 13.2 Å². The molecule has 1 saturated carbocycles. The van der Waals surface area contributed by atoms with Crippen LogP contribution in [0.25, 0.3) is 0 Å². The molecule has 1 aliphatic heterocycles. The van der Waals surface area contributed by atoms with Gasteiger partial charge in [-0.3, -0.25) is 0 Å². The molecule has 7 heteroatoms. The van der Waals surface area contributed by atoms with Crippen molar-refractivity contribution in [1.82, 2.24) is 10.2 Å². The lowest BCUT2D eigenvalue weighted by atomic mass is 9.90. The maximum atomic E-state index is 12.3. The van der Waals surface area contributed by atoms with E-state index in [1.54, 1.807) is 4.90 Å². The third-order valence-electron chi connectivity index (χ3n) is 3.92. The number of rotatable bonds is 4. The summed E-state index contributed by atoms with van der Waals surface area (Å²) < 4.78 is 10.5. The number of carbonyl (C=O) groups is 2. The predicted molar refractivity (Wildman–Crippen MR) is 70.5 cm³/mol. The number of hydrogen-bond acceptors (Lipinski definition) is 4. The van der Waals surface area contributed by atoms with Crippen LogP contribution in [-0.4, -0.2) is 67.1 Å². The van der Waals surface area contributed by atoms with Crippen molar-refractivity contribution in [2.24, 2.45) is 0 Å². The van der Waals surface area contributed by atoms with Crippen LogP contribution in [0.2, 0.25) is 0 Å². The van der Waals surface area contributed by atoms with Crippen LogP contribution >= 0.6 is 0 Å². The first-order valence-corrected chi connectivity index (χ1v) is 7.04. The van der Waals surface area contributed by atoms with E-state index in [1.165, 1.54) is 7.11 Å². The number of nitrogens with one attached hydrogen (secondary N) is 1. The Morgan fingerprint density at radius 2 is 2.20 bits per heavy atom. The third kappa shape index (κ3) is 3.40. The van der Waals surface area contributed by atoms with Gasteiger partial charge in [0, 0.05) is 13.7 Å². The van der Waals surface area contributed by atoms with Gasteiger partial charge in [0.2, 0.25) is 0 Å². The Kier molecular flexibility index (Phi) is 5.19. The molecule has 2 rings (SSSR count). The first-order chi connectivity index (χ1) is 9.63. The number of methoxy groups -OCH3 is 1. The minimum absolute atomic E-state index is 0.0422. The number of aliphatic carboxylic acids is 1. The van der Waals surface area contributed by atoms with Crippen LogP contribution in [0.5, 0.6) is 0 Å². The van der Waals surface area contributed by atoms with Crippen LogP contribution in [-0.2, 0) is 14.3 Å². The molecule has 0 aromatic carbocycles. The van der Waals surface area contributed by atoms with E-state index < -0.39 is 12.0 Å². The molecule has 0 radical (unpaired) electrons. The fourth-order valence-electron chi connectivity index (χ4n) is 2.92. The van der Waals surface area contributed by atoms with Crippen LogP contribution in [0.3, 0.4) is 0 Å². The van der Waals surface area contributed by atoms with Crippen molar-refractivity contribution < 1.29 is 24.2 Å². The maximum Gasteiger partial charge on any atom is 0.328 e. The molecule has 0 spiro atoms. The molecule has 3 unspecified atom stereocenters. The fraction of sp³-hybridized carbons (Fsp3) is 0.846. The summed E-state index contributed by atoms with van der Waals surface area (Å²) in [5.41, 5.74) is 0. The standard InChI is InChI=1S/C13H22N2O5/c1-19-8-9(12(16)17)14-13(18)15-6-7-20-11-5-3-2-4-10(11)15/h9-11H,2-8H2,1H3,(H,14,18)(H,16,17). The summed E-state index contributed by atoms with van der Waals surface area (Å²) >= 11 is 0. The Labute approximate surface area is 118 Å². The number of carboxylic acids is 1. The Morgan fingerprint density at radius 1 is 1.45 bits per heavy atom. The minimum atomic E-state index is -1.09. The number of morpholine rings is 1. The second-order valence-corrected chi connectivity index (χ2v) is 5.25. The summed E-state index contributed by atoms with van der Waals surface area (Å²) in [6.07, 6.45) is 4.18. The highest BCUT2D eigenvalue weighted by atomic mass is 16.5. The van der Waals surface area contributed by atoms with E-state index in [0.717, 1.165) is 25.7 Å². The van der Waals surface area contributed by atoms with Crippen molar-refractivity contribution in [2.45, 2.75) is 43.9 Å². The van der Waals surface area contributed by atoms with Gasteiger partial charge in [0.15, 0.2) is 6.04 Å². The monoisotopic (exact) mass is 286 g/mol. The van der Waals surface area contributed by atoms with Crippen LogP contribution in [0.4, 0.5) is 4.79 Å². The highest BCUT2D eigenvalue weighted by Gasteiger charge is 2.37. The molecule has 2 N–H and O–H groups in total. The van der Waals surface area contributed by atoms with Gasteiger partial charge in [0.25, 0.3) is 0 Å². The lowest BCUT2D eigenvalue weighted by Crippen LogP contribution is -2.59. The molecule has 1 aliphatic carbocycles. The van der Waals surface area contributed by atoms with Gasteiger partial charge in [-0.15, -0.1) is 0 Å². The van der Waals surface area contributed by atoms with Gasteiger partial charge in [0.1, 0.15) is 0 Å². The predicted octanol–water partition coefficient (Wildman–Crippen LogP) is 0.439. The molecule has 20 heavy (non-hydrogen) atoms. The van der Waals surface area contributed by atoms with E-state index >= 15 is 0 Å². The smallest absolute Gasteiger partial charge is 0.328 e. The quantitative estimate of drug-likeness (QED) is 0.783. The van der Waals surface area contributed by atoms with E-state index in [4.69, 9.17) is 14.6 Å². The highest BCUT2D eigenvalue weighted by Crippen LogP contribution is 2.28. The molecule has 114 valence electrons. The molecule has 0 aromatic heterocycles. The Hall–Kier alpha value is -1.34. The number of amides is 2. The second kappa shape index (κ2) is 6.90. The Bertz CT molecular complexity index is 361. The number of hydrogen-bond donors (Lipinski definition) is 2. The van der Waals surface area contributed by atoms with Crippen molar-refractivity contribution in [2.75, 3.05) is 26.9 Å². The summed E-state index contributed by atoms with van der Waals surface area (Å²) in [5, 5.41) is 11.6. The average Bonchev–Trinajstić information content (AvgIpc) is 2.46. The highest BCUT2D eigenvalue weighted by molar-refractivity contribution is 5.83. The number of fused-ring (bicyclic) bond motifs is 1. The van der Waals surface area contributed by atoms with Crippen LogP contribution in [0.1, 0.15) is 25.7 Å². The fourth-order valence-corrected chi connectivity index (χ4v) is 2.92. The normalized spacial score (nSPS) is 27.6. The number of carbonyl (C=O) groups excluding carboxylic acids is 1. The van der Waals surface area contributed by atoms with Gasteiger partial charge in [-0.25, -0.2) is 9.59 Å². The van der Waals surface area contributed by atoms with E-state index in [2.05, 4.69) is 5.32 Å². The lowest BCUT2D eigenvalue weighted by Gasteiger charge is -2.43. The molecule has 0 aromatic rings. The summed E-state index contributed by atoms with van der Waals surface area (Å²) in [5.74, 6) is -1.09. The minimum Gasteiger partial charge on any atom is -0.480 e. The third-order valence-corrected chi connectivity index (χ3v) is 3.92. The molecule has 0 bridgehead atoms. The number of nitrogens with zero attached hydrogens (tertiary/aromatic N) is 1. The zero-order valence-corrected chi connectivity index (χ0v) is 11.7. The Morgan fingerprint density at radius 3 is 2.90 bits per heavy atom. The summed E-state index contributed by atoms with van der Waals surface area (Å²) in [6, 6.07) is -1.29. The summed E-state index contributed by atoms with van der Waals surface area (Å²) in [4.78, 5) is 25.1. The van der Waals surface area contributed by atoms with Crippen molar-refractivity contribution in [3.63, 3.8) is 0 Å². The molecule has 1 heterocycles. The molecular formula is C13H22N2O5. The van der Waals surface area contributed by atoms with Crippen LogP contribution in [0.15, 0.2) is 0 Å². The van der Waals surface area contributed by atoms with Crippen molar-refractivity contribution in [3.05, 3.63) is 0 Å². The van der Waals surface area contributed by atoms with Crippen LogP contribution in [0, 0.1) is 0 Å². The van der Waals surface area contributed by atoms with E-state index in [9.17, 15) is 9.59 Å². The molecule has 7 nitrogen and oxygen atoms in total. The number of carboxylic acid groups (broad SMARTS) is 1. The van der Waals surface area contributed by atoms with Gasteiger partial charge in [0.05, 0.1) is 25.4 Å². The van der Waals surface area contributed by atoms with Gasteiger partial charge < -0.3 is 24.8 Å². The number of ether oxygens (including phenoxy) is 2. The zero-order chi connectivity index (χ0) is 14.5. The first-order valence-electron chi connectivity index (χ1n) is 7.04. The SMILES string of the molecule is COCC(NC(=O)N1CCOC2CCCCC21)C(=O)O. The largest absolute Gasteiger partial charge is 0.480 e. The van der Waals surface area contributed by atoms with Gasteiger partial charge >= 0.3 is 12.0 Å². The molecule has 2 amide bonds. The molecule has 3 atom stereocenters. The first kappa shape index (κ1) is 15.1. The van der Waals surface area contributed by atoms with Crippen molar-refractivity contribution in [3.8, 4) is 0 Å². The van der Waals surface area contributed by atoms with Crippen molar-refractivity contribution in [1.29, 1.82) is 0 Å². The summed E-state index contributed by atoms with van der Waals surface area (Å²) in [7, 11) is 1.41. The van der Waals surface area contributed by atoms with Gasteiger partial charge in [-0.1, -0.05) is 12.8 Å². The lowest BCUT2D eigenvalue weighted by molar-refractivity contribution is -0.140. The molecular weight excluding hydrogens is 264 g/mol. The summed E-state index contributed by atoms with van der Waals surface area (Å²) in [6.45, 7) is 0.975. The number of urea groups is 1. The van der Waals surface area contributed by atoms with E-state index in [1.807, 2.05) is 0 Å². The van der Waals surface area contributed by atoms with Gasteiger partial charge in [-0.2, -0.15) is 0 Å². The maximum absolute atomic E-state index is 12.3.